The Morgan fingerprint density at radius 3 is 2.58 bits per heavy atom. The predicted molar refractivity (Wildman–Crippen MR) is 77.3 cm³/mol. The highest BCUT2D eigenvalue weighted by atomic mass is 35.5. The van der Waals surface area contributed by atoms with Crippen molar-refractivity contribution in [3.63, 3.8) is 0 Å². The molecule has 19 heavy (non-hydrogen) atoms. The van der Waals surface area contributed by atoms with E-state index in [4.69, 9.17) is 34.1 Å². The molecule has 0 saturated carbocycles. The van der Waals surface area contributed by atoms with Crippen molar-refractivity contribution in [1.29, 1.82) is 0 Å². The summed E-state index contributed by atoms with van der Waals surface area (Å²) in [7, 11) is 0. The molecule has 98 valence electrons. The molecule has 0 fully saturated rings. The summed E-state index contributed by atoms with van der Waals surface area (Å²) in [5.74, 6) is 0.0214. The highest BCUT2D eigenvalue weighted by Crippen LogP contribution is 2.31. The van der Waals surface area contributed by atoms with E-state index in [0.717, 1.165) is 9.92 Å². The highest BCUT2D eigenvalue weighted by molar-refractivity contribution is 7.99. The SMILES string of the molecule is NC(=NO)c1ccc(Cl)cc1Sc1ccc(Cl)cn1. The second-order valence-corrected chi connectivity index (χ2v) is 5.48. The van der Waals surface area contributed by atoms with E-state index in [2.05, 4.69) is 10.1 Å². The van der Waals surface area contributed by atoms with Crippen molar-refractivity contribution in [1.82, 2.24) is 4.98 Å². The third-order valence-corrected chi connectivity index (χ3v) is 3.71. The predicted octanol–water partition coefficient (Wildman–Crippen LogP) is 3.63. The molecule has 0 saturated heterocycles. The van der Waals surface area contributed by atoms with Gasteiger partial charge in [0, 0.05) is 21.7 Å². The third kappa shape index (κ3) is 3.53. The first-order valence-corrected chi connectivity index (χ1v) is 6.74. The number of hydrogen-bond donors (Lipinski definition) is 2. The number of pyridine rings is 1. The van der Waals surface area contributed by atoms with E-state index in [-0.39, 0.29) is 5.84 Å². The van der Waals surface area contributed by atoms with Crippen molar-refractivity contribution in [3.8, 4) is 0 Å². The van der Waals surface area contributed by atoms with Crippen molar-refractivity contribution in [2.24, 2.45) is 10.9 Å². The molecule has 0 aliphatic carbocycles. The van der Waals surface area contributed by atoms with Crippen LogP contribution < -0.4 is 5.73 Å². The lowest BCUT2D eigenvalue weighted by atomic mass is 10.2. The molecule has 2 rings (SSSR count). The quantitative estimate of drug-likeness (QED) is 0.393. The third-order valence-electron chi connectivity index (χ3n) is 2.24. The van der Waals surface area contributed by atoms with E-state index >= 15 is 0 Å². The molecule has 0 unspecified atom stereocenters. The second-order valence-electron chi connectivity index (χ2n) is 3.54. The lowest BCUT2D eigenvalue weighted by Crippen LogP contribution is -2.14. The molecule has 7 heteroatoms. The Hall–Kier alpha value is -1.43. The van der Waals surface area contributed by atoms with Crippen molar-refractivity contribution in [3.05, 3.63) is 52.1 Å². The van der Waals surface area contributed by atoms with Gasteiger partial charge < -0.3 is 10.9 Å². The summed E-state index contributed by atoms with van der Waals surface area (Å²) in [5, 5.41) is 13.6. The van der Waals surface area contributed by atoms with Crippen molar-refractivity contribution >= 4 is 40.8 Å². The van der Waals surface area contributed by atoms with E-state index in [1.54, 1.807) is 36.5 Å². The lowest BCUT2D eigenvalue weighted by Gasteiger charge is -2.08. The van der Waals surface area contributed by atoms with Crippen LogP contribution in [0.1, 0.15) is 5.56 Å². The van der Waals surface area contributed by atoms with Gasteiger partial charge in [-0.1, -0.05) is 40.1 Å². The molecule has 0 spiro atoms. The second kappa shape index (κ2) is 6.14. The van der Waals surface area contributed by atoms with Crippen LogP contribution in [0.4, 0.5) is 0 Å². The molecular formula is C12H9Cl2N3OS. The monoisotopic (exact) mass is 313 g/mol. The molecule has 0 aliphatic rings. The van der Waals surface area contributed by atoms with E-state index in [1.165, 1.54) is 11.8 Å². The lowest BCUT2D eigenvalue weighted by molar-refractivity contribution is 0.318. The van der Waals surface area contributed by atoms with Crippen LogP contribution in [0.25, 0.3) is 0 Å². The Bertz CT molecular complexity index is 617. The van der Waals surface area contributed by atoms with Crippen molar-refractivity contribution < 1.29 is 5.21 Å². The average Bonchev–Trinajstić information content (AvgIpc) is 2.41. The summed E-state index contributed by atoms with van der Waals surface area (Å²) >= 11 is 13.1. The van der Waals surface area contributed by atoms with Gasteiger partial charge in [0.25, 0.3) is 0 Å². The smallest absolute Gasteiger partial charge is 0.171 e. The molecule has 3 N–H and O–H groups in total. The fourth-order valence-corrected chi connectivity index (χ4v) is 2.67. The molecular weight excluding hydrogens is 305 g/mol. The van der Waals surface area contributed by atoms with Gasteiger partial charge >= 0.3 is 0 Å². The number of amidine groups is 1. The molecule has 4 nitrogen and oxygen atoms in total. The van der Waals surface area contributed by atoms with Gasteiger partial charge in [0.05, 0.1) is 5.02 Å². The Morgan fingerprint density at radius 2 is 1.95 bits per heavy atom. The molecule has 0 aliphatic heterocycles. The van der Waals surface area contributed by atoms with Crippen LogP contribution in [0.2, 0.25) is 10.0 Å². The highest BCUT2D eigenvalue weighted by Gasteiger charge is 2.10. The van der Waals surface area contributed by atoms with Gasteiger partial charge in [-0.05, 0) is 30.3 Å². The van der Waals surface area contributed by atoms with Crippen LogP contribution in [-0.2, 0) is 0 Å². The average molecular weight is 314 g/mol. The fraction of sp³-hybridized carbons (Fsp3) is 0. The molecule has 2 aromatic rings. The van der Waals surface area contributed by atoms with Crippen LogP contribution in [-0.4, -0.2) is 16.0 Å². The van der Waals surface area contributed by atoms with Crippen molar-refractivity contribution in [2.75, 3.05) is 0 Å². The Balaban J connectivity index is 2.38. The Morgan fingerprint density at radius 1 is 1.21 bits per heavy atom. The number of benzene rings is 1. The number of halogens is 2. The van der Waals surface area contributed by atoms with Gasteiger partial charge in [-0.25, -0.2) is 4.98 Å². The molecule has 0 radical (unpaired) electrons. The number of nitrogens with two attached hydrogens (primary N) is 1. The maximum Gasteiger partial charge on any atom is 0.171 e. The Kier molecular flexibility index (Phi) is 4.52. The maximum absolute atomic E-state index is 8.77. The zero-order chi connectivity index (χ0) is 13.8. The largest absolute Gasteiger partial charge is 0.409 e. The summed E-state index contributed by atoms with van der Waals surface area (Å²) in [5.41, 5.74) is 6.22. The summed E-state index contributed by atoms with van der Waals surface area (Å²) < 4.78 is 0. The van der Waals surface area contributed by atoms with E-state index in [1.807, 2.05) is 0 Å². The number of hydrogen-bond acceptors (Lipinski definition) is 4. The topological polar surface area (TPSA) is 71.5 Å². The van der Waals surface area contributed by atoms with E-state index in [0.29, 0.717) is 15.6 Å². The Labute approximate surface area is 124 Å². The molecule has 1 aromatic carbocycles. The number of oxime groups is 1. The molecule has 1 aromatic heterocycles. The molecule has 1 heterocycles. The van der Waals surface area contributed by atoms with Gasteiger partial charge in [0.15, 0.2) is 5.84 Å². The minimum Gasteiger partial charge on any atom is -0.409 e. The number of nitrogens with zero attached hydrogens (tertiary/aromatic N) is 2. The van der Waals surface area contributed by atoms with E-state index < -0.39 is 0 Å². The minimum absolute atomic E-state index is 0.0214. The van der Waals surface area contributed by atoms with Crippen LogP contribution in [0.15, 0.2) is 51.6 Å². The molecule has 0 bridgehead atoms. The molecule has 0 atom stereocenters. The number of aromatic nitrogens is 1. The van der Waals surface area contributed by atoms with Gasteiger partial charge in [-0.2, -0.15) is 0 Å². The van der Waals surface area contributed by atoms with Crippen LogP contribution in [0.3, 0.4) is 0 Å². The van der Waals surface area contributed by atoms with Crippen LogP contribution in [0, 0.1) is 0 Å². The summed E-state index contributed by atoms with van der Waals surface area (Å²) in [6.07, 6.45) is 1.55. The normalized spacial score (nSPS) is 11.6. The standard InChI is InChI=1S/C12H9Cl2N3OS/c13-7-1-3-9(12(15)17-18)10(5-7)19-11-4-2-8(14)6-16-11/h1-6,18H,(H2,15,17). The van der Waals surface area contributed by atoms with Gasteiger partial charge in [0.2, 0.25) is 0 Å². The van der Waals surface area contributed by atoms with Gasteiger partial charge in [-0.15, -0.1) is 0 Å². The zero-order valence-electron chi connectivity index (χ0n) is 9.55. The maximum atomic E-state index is 8.77. The first-order chi connectivity index (χ1) is 9.10. The summed E-state index contributed by atoms with van der Waals surface area (Å²) in [6.45, 7) is 0. The fourth-order valence-electron chi connectivity index (χ4n) is 1.38. The summed E-state index contributed by atoms with van der Waals surface area (Å²) in [6, 6.07) is 8.62. The van der Waals surface area contributed by atoms with E-state index in [9.17, 15) is 0 Å². The van der Waals surface area contributed by atoms with Crippen LogP contribution >= 0.6 is 35.0 Å². The first kappa shape index (κ1) is 14.0. The summed E-state index contributed by atoms with van der Waals surface area (Å²) in [4.78, 5) is 4.92. The van der Waals surface area contributed by atoms with Crippen LogP contribution in [0.5, 0.6) is 0 Å². The molecule has 0 amide bonds. The number of rotatable bonds is 3. The van der Waals surface area contributed by atoms with Gasteiger partial charge in [0.1, 0.15) is 5.03 Å². The zero-order valence-corrected chi connectivity index (χ0v) is 11.9. The van der Waals surface area contributed by atoms with Crippen molar-refractivity contribution in [2.45, 2.75) is 9.92 Å². The van der Waals surface area contributed by atoms with Gasteiger partial charge in [-0.3, -0.25) is 0 Å². The first-order valence-electron chi connectivity index (χ1n) is 5.17. The minimum atomic E-state index is 0.0214.